The zero-order valence-corrected chi connectivity index (χ0v) is 8.77. The summed E-state index contributed by atoms with van der Waals surface area (Å²) in [5, 5.41) is 2.56. The molecule has 0 fully saturated rings. The number of hydrogen-bond acceptors (Lipinski definition) is 4. The lowest BCUT2D eigenvalue weighted by atomic mass is 10.3. The molecule has 16 heavy (non-hydrogen) atoms. The molecule has 0 spiro atoms. The number of anilines is 2. The molecule has 5 nitrogen and oxygen atoms in total. The fraction of sp³-hybridized carbons (Fsp3) is 0.0909. The molecule has 0 aliphatic heterocycles. The van der Waals surface area contributed by atoms with E-state index >= 15 is 0 Å². The van der Waals surface area contributed by atoms with Crippen molar-refractivity contribution in [3.8, 4) is 0 Å². The van der Waals surface area contributed by atoms with Crippen molar-refractivity contribution < 1.29 is 14.3 Å². The van der Waals surface area contributed by atoms with E-state index in [-0.39, 0.29) is 0 Å². The molecule has 0 saturated carbocycles. The first-order valence-corrected chi connectivity index (χ1v) is 4.54. The quantitative estimate of drug-likeness (QED) is 0.451. The summed E-state index contributed by atoms with van der Waals surface area (Å²) in [6.45, 7) is 0. The van der Waals surface area contributed by atoms with Gasteiger partial charge in [-0.3, -0.25) is 4.79 Å². The first-order valence-electron chi connectivity index (χ1n) is 4.54. The Morgan fingerprint density at radius 3 is 2.44 bits per heavy atom. The van der Waals surface area contributed by atoms with Crippen molar-refractivity contribution in [1.29, 1.82) is 0 Å². The Morgan fingerprint density at radius 2 is 1.88 bits per heavy atom. The highest BCUT2D eigenvalue weighted by molar-refractivity contribution is 6.02. The highest BCUT2D eigenvalue weighted by atomic mass is 16.5. The van der Waals surface area contributed by atoms with Crippen molar-refractivity contribution in [1.82, 2.24) is 0 Å². The van der Waals surface area contributed by atoms with E-state index in [1.165, 1.54) is 7.11 Å². The number of amides is 1. The second kappa shape index (κ2) is 5.55. The third-order valence-electron chi connectivity index (χ3n) is 1.75. The molecule has 1 aromatic rings. The molecule has 0 atom stereocenters. The molecule has 0 heterocycles. The van der Waals surface area contributed by atoms with Crippen LogP contribution in [0.5, 0.6) is 0 Å². The summed E-state index contributed by atoms with van der Waals surface area (Å²) >= 11 is 0. The van der Waals surface area contributed by atoms with Gasteiger partial charge in [-0.25, -0.2) is 4.79 Å². The van der Waals surface area contributed by atoms with Gasteiger partial charge in [-0.05, 0) is 24.3 Å². The average Bonchev–Trinajstić information content (AvgIpc) is 2.29. The number of esters is 1. The number of carbonyl (C=O) groups excluding carboxylic acids is 2. The molecule has 0 radical (unpaired) electrons. The zero-order valence-electron chi connectivity index (χ0n) is 8.77. The average molecular weight is 220 g/mol. The molecule has 0 aliphatic rings. The second-order valence-corrected chi connectivity index (χ2v) is 2.97. The summed E-state index contributed by atoms with van der Waals surface area (Å²) in [4.78, 5) is 22.0. The van der Waals surface area contributed by atoms with Crippen molar-refractivity contribution in [3.63, 3.8) is 0 Å². The van der Waals surface area contributed by atoms with E-state index in [0.717, 1.165) is 12.2 Å². The Hall–Kier alpha value is -2.30. The lowest BCUT2D eigenvalue weighted by Gasteiger charge is -2.01. The molecule has 3 N–H and O–H groups in total. The maximum atomic E-state index is 11.3. The summed E-state index contributed by atoms with van der Waals surface area (Å²) in [5.74, 6) is -0.984. The van der Waals surface area contributed by atoms with Gasteiger partial charge in [0.1, 0.15) is 0 Å². The molecule has 1 rings (SSSR count). The molecule has 1 amide bonds. The van der Waals surface area contributed by atoms with Crippen LogP contribution in [-0.2, 0) is 14.3 Å². The molecule has 84 valence electrons. The van der Waals surface area contributed by atoms with Crippen LogP contribution in [0.15, 0.2) is 36.4 Å². The minimum Gasteiger partial charge on any atom is -0.466 e. The molecular formula is C11H12N2O3. The Labute approximate surface area is 92.9 Å². The standard InChI is InChI=1S/C11H12N2O3/c1-16-11(15)7-6-10(14)13-9-4-2-8(12)3-5-9/h2-7H,12H2,1H3,(H,13,14)/b7-6-. The van der Waals surface area contributed by atoms with Crippen LogP contribution in [0.25, 0.3) is 0 Å². The predicted molar refractivity (Wildman–Crippen MR) is 60.6 cm³/mol. The van der Waals surface area contributed by atoms with Gasteiger partial charge in [-0.15, -0.1) is 0 Å². The summed E-state index contributed by atoms with van der Waals surface area (Å²) in [6.07, 6.45) is 2.15. The molecular weight excluding hydrogens is 208 g/mol. The molecule has 0 bridgehead atoms. The smallest absolute Gasteiger partial charge is 0.330 e. The Balaban J connectivity index is 2.55. The summed E-state index contributed by atoms with van der Waals surface area (Å²) in [6, 6.07) is 6.66. The van der Waals surface area contributed by atoms with Crippen molar-refractivity contribution in [2.24, 2.45) is 0 Å². The molecule has 5 heteroatoms. The van der Waals surface area contributed by atoms with Crippen LogP contribution >= 0.6 is 0 Å². The third-order valence-corrected chi connectivity index (χ3v) is 1.75. The maximum Gasteiger partial charge on any atom is 0.330 e. The van der Waals surface area contributed by atoms with Crippen molar-refractivity contribution in [2.75, 3.05) is 18.2 Å². The number of rotatable bonds is 3. The minimum atomic E-state index is -0.576. The number of carbonyl (C=O) groups is 2. The van der Waals surface area contributed by atoms with Gasteiger partial charge in [0.25, 0.3) is 0 Å². The number of nitrogen functional groups attached to an aromatic ring is 1. The van der Waals surface area contributed by atoms with Crippen molar-refractivity contribution in [2.45, 2.75) is 0 Å². The van der Waals surface area contributed by atoms with Crippen LogP contribution in [-0.4, -0.2) is 19.0 Å². The normalized spacial score (nSPS) is 10.1. The third kappa shape index (κ3) is 3.83. The van der Waals surface area contributed by atoms with Gasteiger partial charge in [-0.1, -0.05) is 0 Å². The summed E-state index contributed by atoms with van der Waals surface area (Å²) in [7, 11) is 1.24. The summed E-state index contributed by atoms with van der Waals surface area (Å²) in [5.41, 5.74) is 6.71. The Morgan fingerprint density at radius 1 is 1.25 bits per heavy atom. The lowest BCUT2D eigenvalue weighted by Crippen LogP contribution is -2.09. The molecule has 0 unspecified atom stereocenters. The zero-order chi connectivity index (χ0) is 12.0. The minimum absolute atomic E-state index is 0.407. The van der Waals surface area contributed by atoms with E-state index in [1.807, 2.05) is 0 Å². The van der Waals surface area contributed by atoms with Gasteiger partial charge in [0.05, 0.1) is 7.11 Å². The van der Waals surface area contributed by atoms with Crippen LogP contribution in [0.3, 0.4) is 0 Å². The van der Waals surface area contributed by atoms with Crippen LogP contribution in [0.2, 0.25) is 0 Å². The van der Waals surface area contributed by atoms with Gasteiger partial charge in [-0.2, -0.15) is 0 Å². The fourth-order valence-corrected chi connectivity index (χ4v) is 0.962. The largest absolute Gasteiger partial charge is 0.466 e. The van der Waals surface area contributed by atoms with E-state index in [4.69, 9.17) is 5.73 Å². The van der Waals surface area contributed by atoms with Gasteiger partial charge in [0.15, 0.2) is 0 Å². The maximum absolute atomic E-state index is 11.3. The number of nitrogens with one attached hydrogen (secondary N) is 1. The number of nitrogens with two attached hydrogens (primary N) is 1. The molecule has 0 saturated heterocycles. The van der Waals surface area contributed by atoms with Gasteiger partial charge in [0.2, 0.25) is 5.91 Å². The lowest BCUT2D eigenvalue weighted by molar-refractivity contribution is -0.135. The first kappa shape index (κ1) is 11.8. The summed E-state index contributed by atoms with van der Waals surface area (Å²) < 4.78 is 4.34. The highest BCUT2D eigenvalue weighted by Crippen LogP contribution is 2.10. The van der Waals surface area contributed by atoms with Gasteiger partial charge >= 0.3 is 5.97 Å². The van der Waals surface area contributed by atoms with E-state index in [0.29, 0.717) is 11.4 Å². The van der Waals surface area contributed by atoms with Crippen LogP contribution in [0.1, 0.15) is 0 Å². The SMILES string of the molecule is COC(=O)/C=C\C(=O)Nc1ccc(N)cc1. The van der Waals surface area contributed by atoms with Gasteiger partial charge in [0, 0.05) is 23.5 Å². The van der Waals surface area contributed by atoms with E-state index in [1.54, 1.807) is 24.3 Å². The molecule has 1 aromatic carbocycles. The number of hydrogen-bond donors (Lipinski definition) is 2. The van der Waals surface area contributed by atoms with Crippen LogP contribution in [0.4, 0.5) is 11.4 Å². The van der Waals surface area contributed by atoms with E-state index in [9.17, 15) is 9.59 Å². The van der Waals surface area contributed by atoms with E-state index in [2.05, 4.69) is 10.1 Å². The molecule has 0 aromatic heterocycles. The predicted octanol–water partition coefficient (Wildman–Crippen LogP) is 0.936. The highest BCUT2D eigenvalue weighted by Gasteiger charge is 1.98. The van der Waals surface area contributed by atoms with Gasteiger partial charge < -0.3 is 15.8 Å². The Kier molecular flexibility index (Phi) is 4.08. The van der Waals surface area contributed by atoms with E-state index < -0.39 is 11.9 Å². The Bertz CT molecular complexity index is 410. The number of methoxy groups -OCH3 is 1. The van der Waals surface area contributed by atoms with Crippen molar-refractivity contribution >= 4 is 23.3 Å². The molecule has 0 aliphatic carbocycles. The fourth-order valence-electron chi connectivity index (χ4n) is 0.962. The van der Waals surface area contributed by atoms with Crippen LogP contribution < -0.4 is 11.1 Å². The monoisotopic (exact) mass is 220 g/mol. The first-order chi connectivity index (χ1) is 7.61. The van der Waals surface area contributed by atoms with Crippen molar-refractivity contribution in [3.05, 3.63) is 36.4 Å². The number of ether oxygens (including phenoxy) is 1. The number of benzene rings is 1. The van der Waals surface area contributed by atoms with Crippen LogP contribution in [0, 0.1) is 0 Å². The topological polar surface area (TPSA) is 81.4 Å². The second-order valence-electron chi connectivity index (χ2n) is 2.97.